The molecule has 1 amide bonds. The number of nitrogens with one attached hydrogen (secondary N) is 1. The Labute approximate surface area is 198 Å². The molecule has 0 spiro atoms. The summed E-state index contributed by atoms with van der Waals surface area (Å²) in [7, 11) is -2.77. The molecule has 7 nitrogen and oxygen atoms in total. The zero-order valence-electron chi connectivity index (χ0n) is 19.2. The van der Waals surface area contributed by atoms with Gasteiger partial charge in [-0.25, -0.2) is 22.5 Å². The molecule has 1 N–H and O–H groups in total. The topological polar surface area (TPSA) is 109 Å². The number of amides is 1. The average Bonchev–Trinajstić information content (AvgIpc) is 2.79. The number of carbonyl (C=O) groups excluding carboxylic acids is 1. The first-order chi connectivity index (χ1) is 16.1. The van der Waals surface area contributed by atoms with Gasteiger partial charge >= 0.3 is 0 Å². The van der Waals surface area contributed by atoms with Gasteiger partial charge in [0.15, 0.2) is 0 Å². The Morgan fingerprint density at radius 3 is 2.59 bits per heavy atom. The summed E-state index contributed by atoms with van der Waals surface area (Å²) in [6.07, 6.45) is 1.21. The van der Waals surface area contributed by atoms with Gasteiger partial charge in [0.05, 0.1) is 30.1 Å². The van der Waals surface area contributed by atoms with Crippen LogP contribution < -0.4 is 9.46 Å². The van der Waals surface area contributed by atoms with Gasteiger partial charge < -0.3 is 4.74 Å². The maximum Gasteiger partial charge on any atom is 0.264 e. The van der Waals surface area contributed by atoms with Crippen LogP contribution in [0.15, 0.2) is 53.6 Å². The van der Waals surface area contributed by atoms with Gasteiger partial charge in [0, 0.05) is 12.3 Å². The molecule has 0 radical (unpaired) electrons. The normalized spacial score (nSPS) is 11.2. The lowest BCUT2D eigenvalue weighted by atomic mass is 9.88. The maximum absolute atomic E-state index is 14.5. The monoisotopic (exact) mass is 481 g/mol. The number of carbonyl (C=O) groups is 1. The quantitative estimate of drug-likeness (QED) is 0.540. The van der Waals surface area contributed by atoms with E-state index in [0.29, 0.717) is 33.7 Å². The molecule has 176 valence electrons. The van der Waals surface area contributed by atoms with E-state index in [9.17, 15) is 17.6 Å². The van der Waals surface area contributed by atoms with Gasteiger partial charge in [0.25, 0.3) is 10.0 Å². The van der Waals surface area contributed by atoms with Crippen molar-refractivity contribution in [1.82, 2.24) is 9.71 Å². The van der Waals surface area contributed by atoms with Crippen molar-refractivity contribution in [3.63, 3.8) is 0 Å². The van der Waals surface area contributed by atoms with Crippen LogP contribution in [0.3, 0.4) is 0 Å². The van der Waals surface area contributed by atoms with Crippen LogP contribution in [-0.2, 0) is 21.2 Å². The minimum absolute atomic E-state index is 0.132. The first kappa shape index (κ1) is 24.9. The van der Waals surface area contributed by atoms with Crippen molar-refractivity contribution in [3.05, 3.63) is 76.7 Å². The molecule has 1 heterocycles. The second-order valence-electron chi connectivity index (χ2n) is 8.06. The summed E-state index contributed by atoms with van der Waals surface area (Å²) >= 11 is 0. The van der Waals surface area contributed by atoms with Gasteiger partial charge in [-0.1, -0.05) is 19.9 Å². The van der Waals surface area contributed by atoms with Crippen LogP contribution >= 0.6 is 0 Å². The lowest BCUT2D eigenvalue weighted by molar-refractivity contribution is -0.118. The summed E-state index contributed by atoms with van der Waals surface area (Å²) in [5.41, 5.74) is 2.67. The Morgan fingerprint density at radius 2 is 1.94 bits per heavy atom. The third kappa shape index (κ3) is 5.41. The Hall–Kier alpha value is -3.77. The standard InChI is InChI=1S/C25H24FN3O4S/c1-15(2)20-11-19(26)12-21(18-7-8-28-25(10-18)33-4)22(20)13-24(30)29-34(31,32)23-9-17(14-27)6-5-16(23)3/h5-12,15H,13H2,1-4H3,(H,29,30). The van der Waals surface area contributed by atoms with Crippen LogP contribution in [0.25, 0.3) is 11.1 Å². The Balaban J connectivity index is 2.03. The molecule has 0 saturated carbocycles. The van der Waals surface area contributed by atoms with Crippen molar-refractivity contribution < 1.29 is 22.3 Å². The van der Waals surface area contributed by atoms with Crippen LogP contribution in [-0.4, -0.2) is 26.4 Å². The molecule has 0 saturated heterocycles. The molecular weight excluding hydrogens is 457 g/mol. The molecule has 0 bridgehead atoms. The molecule has 9 heteroatoms. The Morgan fingerprint density at radius 1 is 1.21 bits per heavy atom. The number of hydrogen-bond acceptors (Lipinski definition) is 6. The van der Waals surface area contributed by atoms with Crippen molar-refractivity contribution in [2.45, 2.75) is 38.0 Å². The zero-order chi connectivity index (χ0) is 25.0. The third-order valence-electron chi connectivity index (χ3n) is 5.32. The predicted octanol–water partition coefficient (Wildman–Crippen LogP) is 4.25. The van der Waals surface area contributed by atoms with Gasteiger partial charge in [-0.3, -0.25) is 4.79 Å². The van der Waals surface area contributed by atoms with Crippen molar-refractivity contribution in [3.8, 4) is 23.1 Å². The van der Waals surface area contributed by atoms with E-state index in [1.165, 1.54) is 43.6 Å². The molecule has 34 heavy (non-hydrogen) atoms. The molecular formula is C25H24FN3O4S. The van der Waals surface area contributed by atoms with Gasteiger partial charge in [0.1, 0.15) is 5.82 Å². The smallest absolute Gasteiger partial charge is 0.264 e. The summed E-state index contributed by atoms with van der Waals surface area (Å²) in [4.78, 5) is 16.9. The molecule has 0 fully saturated rings. The number of nitriles is 1. The molecule has 0 atom stereocenters. The van der Waals surface area contributed by atoms with Gasteiger partial charge in [0.2, 0.25) is 11.8 Å². The number of nitrogens with zero attached hydrogens (tertiary/aromatic N) is 2. The minimum atomic E-state index is -4.23. The van der Waals surface area contributed by atoms with Crippen molar-refractivity contribution in [2.75, 3.05) is 7.11 Å². The van der Waals surface area contributed by atoms with E-state index in [4.69, 9.17) is 10.00 Å². The summed E-state index contributed by atoms with van der Waals surface area (Å²) in [5.74, 6) is -1.07. The Kier molecular flexibility index (Phi) is 7.32. The number of sulfonamides is 1. The van der Waals surface area contributed by atoms with E-state index in [1.807, 2.05) is 19.9 Å². The number of aryl methyl sites for hydroxylation is 1. The fraction of sp³-hybridized carbons (Fsp3) is 0.240. The molecule has 1 aromatic heterocycles. The molecule has 0 aliphatic carbocycles. The molecule has 2 aromatic carbocycles. The average molecular weight is 482 g/mol. The molecule has 3 rings (SSSR count). The zero-order valence-corrected chi connectivity index (χ0v) is 20.0. The molecule has 3 aromatic rings. The maximum atomic E-state index is 14.5. The van der Waals surface area contributed by atoms with Crippen molar-refractivity contribution >= 4 is 15.9 Å². The number of hydrogen-bond donors (Lipinski definition) is 1. The number of aromatic nitrogens is 1. The largest absolute Gasteiger partial charge is 0.481 e. The number of benzene rings is 2. The third-order valence-corrected chi connectivity index (χ3v) is 6.83. The first-order valence-electron chi connectivity index (χ1n) is 10.4. The van der Waals surface area contributed by atoms with Crippen LogP contribution in [0, 0.1) is 24.1 Å². The highest BCUT2D eigenvalue weighted by molar-refractivity contribution is 7.90. The van der Waals surface area contributed by atoms with Crippen LogP contribution in [0.5, 0.6) is 5.88 Å². The summed E-state index contributed by atoms with van der Waals surface area (Å²) in [5, 5.41) is 9.10. The summed E-state index contributed by atoms with van der Waals surface area (Å²) in [6.45, 7) is 5.30. The summed E-state index contributed by atoms with van der Waals surface area (Å²) in [6, 6.07) is 12.1. The van der Waals surface area contributed by atoms with Crippen LogP contribution in [0.2, 0.25) is 0 Å². The number of rotatable bonds is 7. The Bertz CT molecular complexity index is 1400. The second-order valence-corrected chi connectivity index (χ2v) is 9.71. The highest BCUT2D eigenvalue weighted by atomic mass is 32.2. The fourth-order valence-corrected chi connectivity index (χ4v) is 4.93. The highest BCUT2D eigenvalue weighted by Gasteiger charge is 2.24. The number of methoxy groups -OCH3 is 1. The number of halogens is 1. The summed E-state index contributed by atoms with van der Waals surface area (Å²) < 4.78 is 47.6. The van der Waals surface area contributed by atoms with Crippen LogP contribution in [0.1, 0.15) is 42.0 Å². The number of pyridine rings is 1. The highest BCUT2D eigenvalue weighted by Crippen LogP contribution is 2.33. The lowest BCUT2D eigenvalue weighted by Crippen LogP contribution is -2.32. The van der Waals surface area contributed by atoms with E-state index in [1.54, 1.807) is 19.1 Å². The minimum Gasteiger partial charge on any atom is -0.481 e. The van der Waals surface area contributed by atoms with Gasteiger partial charge in [-0.05, 0) is 71.0 Å². The SMILES string of the molecule is COc1cc(-c2cc(F)cc(C(C)C)c2CC(=O)NS(=O)(=O)c2cc(C#N)ccc2C)ccn1. The molecule has 0 aliphatic heterocycles. The lowest BCUT2D eigenvalue weighted by Gasteiger charge is -2.18. The molecule has 0 aliphatic rings. The van der Waals surface area contributed by atoms with E-state index in [-0.39, 0.29) is 22.8 Å². The van der Waals surface area contributed by atoms with Crippen molar-refractivity contribution in [1.29, 1.82) is 5.26 Å². The van der Waals surface area contributed by atoms with Gasteiger partial charge in [-0.15, -0.1) is 0 Å². The molecule has 0 unspecified atom stereocenters. The number of ether oxygens (including phenoxy) is 1. The van der Waals surface area contributed by atoms with Crippen molar-refractivity contribution in [2.24, 2.45) is 0 Å². The first-order valence-corrected chi connectivity index (χ1v) is 11.9. The van der Waals surface area contributed by atoms with E-state index >= 15 is 0 Å². The van der Waals surface area contributed by atoms with E-state index < -0.39 is 21.7 Å². The van der Waals surface area contributed by atoms with Gasteiger partial charge in [-0.2, -0.15) is 5.26 Å². The predicted molar refractivity (Wildman–Crippen MR) is 125 cm³/mol. The fourth-order valence-electron chi connectivity index (χ4n) is 3.68. The van der Waals surface area contributed by atoms with E-state index in [0.717, 1.165) is 0 Å². The second kappa shape index (κ2) is 10.0. The van der Waals surface area contributed by atoms with Crippen LogP contribution in [0.4, 0.5) is 4.39 Å². The van der Waals surface area contributed by atoms with E-state index in [2.05, 4.69) is 9.71 Å².